The van der Waals surface area contributed by atoms with Crippen LogP contribution in [0.3, 0.4) is 0 Å². The molecule has 2 unspecified atom stereocenters. The Balaban J connectivity index is 0.000000757. The van der Waals surface area contributed by atoms with Crippen LogP contribution in [0.1, 0.15) is 19.8 Å². The molecule has 17 nitrogen and oxygen atoms in total. The summed E-state index contributed by atoms with van der Waals surface area (Å²) in [5, 5.41) is 66.5. The molecule has 3 rings (SSSR count). The molecule has 0 radical (unpaired) electrons. The lowest BCUT2D eigenvalue weighted by Crippen LogP contribution is -2.68. The number of hydrogen-bond acceptors (Lipinski definition) is 16. The molecule has 17 N–H and O–H groups in total. The van der Waals surface area contributed by atoms with Crippen LogP contribution in [0.15, 0.2) is 0 Å². The summed E-state index contributed by atoms with van der Waals surface area (Å²) in [5.74, 6) is -1.19. The first-order valence-electron chi connectivity index (χ1n) is 12.3. The molecule has 0 amide bonds. The summed E-state index contributed by atoms with van der Waals surface area (Å²) in [5.41, 5.74) is 29.8. The average molecular weight is 558 g/mol. The predicted octanol–water partition coefficient (Wildman–Crippen LogP) is -6.84. The number of aliphatic carboxylic acids is 1. The van der Waals surface area contributed by atoms with Gasteiger partial charge in [-0.05, 0) is 19.8 Å². The van der Waals surface area contributed by atoms with Gasteiger partial charge in [0.1, 0.15) is 42.7 Å². The molecule has 0 aromatic carbocycles. The number of carboxylic acid groups (broad SMARTS) is 1. The molecular formula is C21H43N5O12. The highest BCUT2D eigenvalue weighted by Gasteiger charge is 2.50. The normalized spacial score (nSPS) is 46.5. The summed E-state index contributed by atoms with van der Waals surface area (Å²) >= 11 is 0. The van der Waals surface area contributed by atoms with Crippen LogP contribution in [0.5, 0.6) is 0 Å². The topological polar surface area (TPSA) is 326 Å². The van der Waals surface area contributed by atoms with E-state index < -0.39 is 104 Å². The monoisotopic (exact) mass is 557 g/mol. The van der Waals surface area contributed by atoms with Crippen molar-refractivity contribution >= 4 is 5.97 Å². The van der Waals surface area contributed by atoms with Crippen LogP contribution >= 0.6 is 0 Å². The summed E-state index contributed by atoms with van der Waals surface area (Å²) in [6, 6.07) is -3.27. The Morgan fingerprint density at radius 2 is 1.37 bits per heavy atom. The van der Waals surface area contributed by atoms with Gasteiger partial charge in [-0.2, -0.15) is 0 Å². The molecule has 3 aliphatic rings. The van der Waals surface area contributed by atoms with Crippen molar-refractivity contribution in [3.05, 3.63) is 0 Å². The Morgan fingerprint density at radius 3 is 1.84 bits per heavy atom. The van der Waals surface area contributed by atoms with Crippen LogP contribution in [-0.2, 0) is 23.7 Å². The van der Waals surface area contributed by atoms with Crippen molar-refractivity contribution < 1.29 is 59.5 Å². The lowest BCUT2D eigenvalue weighted by molar-refractivity contribution is -0.314. The predicted molar refractivity (Wildman–Crippen MR) is 128 cm³/mol. The van der Waals surface area contributed by atoms with Gasteiger partial charge in [0, 0.05) is 18.6 Å². The van der Waals surface area contributed by atoms with Gasteiger partial charge in [-0.3, -0.25) is 0 Å². The zero-order valence-corrected chi connectivity index (χ0v) is 21.0. The van der Waals surface area contributed by atoms with Gasteiger partial charge in [0.25, 0.3) is 0 Å². The number of aliphatic hydroxyl groups is 6. The molecule has 15 atom stereocenters. The third-order valence-corrected chi connectivity index (χ3v) is 6.77. The summed E-state index contributed by atoms with van der Waals surface area (Å²) in [6.07, 6.45) is -12.0. The highest BCUT2D eigenvalue weighted by atomic mass is 16.7. The molecule has 2 saturated heterocycles. The van der Waals surface area contributed by atoms with E-state index in [0.29, 0.717) is 0 Å². The standard InChI is InChI=1S/C18H37N5O9.C3H6O3/c19-3-9-8(25)2-7(22)17(29-9)31-15-5(20)1-6(21)16(14(15)28)32-18-13(27)11(23)12(26)10(4-24)30-18;1-2(4)3(5)6/h5-18,24-28H,1-4,19-23H2;2,4H,1H3,(H,5,6)/t5-,6+,7+,8-,9+,10+,11-,12+,13+,14-,15+,16?,17+,18+;/m0./s1. The van der Waals surface area contributed by atoms with Crippen molar-refractivity contribution in [2.45, 2.75) is 111 Å². The summed E-state index contributed by atoms with van der Waals surface area (Å²) in [7, 11) is 0. The Morgan fingerprint density at radius 1 is 0.868 bits per heavy atom. The van der Waals surface area contributed by atoms with Crippen molar-refractivity contribution in [1.82, 2.24) is 0 Å². The van der Waals surface area contributed by atoms with Crippen LogP contribution in [0, 0.1) is 0 Å². The third kappa shape index (κ3) is 7.96. The molecule has 0 aromatic rings. The van der Waals surface area contributed by atoms with E-state index in [1.165, 1.54) is 6.92 Å². The molecule has 224 valence electrons. The van der Waals surface area contributed by atoms with Crippen molar-refractivity contribution in [2.75, 3.05) is 13.2 Å². The van der Waals surface area contributed by atoms with E-state index in [0.717, 1.165) is 0 Å². The SMILES string of the molecule is CC(O)C(=O)O.NC[C@H]1O[C@H](O[C@H]2[C@H](O)C(O[C@H]3O[C@H](CO)[C@@H](O)[C@H](N)[C@H]3O)[C@H](N)C[C@@H]2N)[C@H](N)C[C@@H]1O. The molecule has 2 heterocycles. The third-order valence-electron chi connectivity index (χ3n) is 6.77. The van der Waals surface area contributed by atoms with Crippen molar-refractivity contribution in [2.24, 2.45) is 28.7 Å². The van der Waals surface area contributed by atoms with Gasteiger partial charge in [0.2, 0.25) is 0 Å². The molecule has 2 aliphatic heterocycles. The summed E-state index contributed by atoms with van der Waals surface area (Å²) in [4.78, 5) is 9.45. The zero-order valence-electron chi connectivity index (χ0n) is 21.0. The molecule has 3 fully saturated rings. The second-order valence-electron chi connectivity index (χ2n) is 9.80. The molecule has 0 spiro atoms. The lowest BCUT2D eigenvalue weighted by atomic mass is 9.84. The largest absolute Gasteiger partial charge is 0.479 e. The smallest absolute Gasteiger partial charge is 0.332 e. The number of aliphatic hydroxyl groups excluding tert-OH is 6. The van der Waals surface area contributed by atoms with Gasteiger partial charge < -0.3 is 83.4 Å². The molecule has 0 bridgehead atoms. The first kappa shape index (κ1) is 33.1. The Labute approximate surface area is 219 Å². The molecule has 1 aliphatic carbocycles. The minimum atomic E-state index is -1.44. The molecular weight excluding hydrogens is 514 g/mol. The van der Waals surface area contributed by atoms with Gasteiger partial charge in [-0.25, -0.2) is 4.79 Å². The second-order valence-corrected chi connectivity index (χ2v) is 9.80. The summed E-state index contributed by atoms with van der Waals surface area (Å²) in [6.45, 7) is 0.698. The Hall–Kier alpha value is -1.13. The number of carbonyl (C=O) groups is 1. The Bertz CT molecular complexity index is 739. The van der Waals surface area contributed by atoms with E-state index in [1.807, 2.05) is 0 Å². The molecule has 0 aromatic heterocycles. The highest BCUT2D eigenvalue weighted by Crippen LogP contribution is 2.30. The van der Waals surface area contributed by atoms with Crippen LogP contribution < -0.4 is 28.7 Å². The molecule has 38 heavy (non-hydrogen) atoms. The maximum absolute atomic E-state index is 11.0. The van der Waals surface area contributed by atoms with Gasteiger partial charge in [-0.15, -0.1) is 0 Å². The van der Waals surface area contributed by atoms with Crippen molar-refractivity contribution in [3.63, 3.8) is 0 Å². The van der Waals surface area contributed by atoms with Gasteiger partial charge in [0.15, 0.2) is 12.6 Å². The maximum atomic E-state index is 11.0. The number of carboxylic acids is 1. The number of hydrogen-bond donors (Lipinski definition) is 12. The van der Waals surface area contributed by atoms with Crippen molar-refractivity contribution in [1.29, 1.82) is 0 Å². The lowest BCUT2D eigenvalue weighted by Gasteiger charge is -2.47. The van der Waals surface area contributed by atoms with Gasteiger partial charge in [0.05, 0.1) is 30.9 Å². The van der Waals surface area contributed by atoms with E-state index in [9.17, 15) is 30.3 Å². The molecule has 17 heteroatoms. The van der Waals surface area contributed by atoms with Crippen molar-refractivity contribution in [3.8, 4) is 0 Å². The minimum Gasteiger partial charge on any atom is -0.479 e. The van der Waals surface area contributed by atoms with Crippen LogP contribution in [-0.4, -0.2) is 147 Å². The van der Waals surface area contributed by atoms with Crippen LogP contribution in [0.25, 0.3) is 0 Å². The van der Waals surface area contributed by atoms with E-state index >= 15 is 0 Å². The van der Waals surface area contributed by atoms with Crippen LogP contribution in [0.4, 0.5) is 0 Å². The number of rotatable bonds is 7. The first-order chi connectivity index (χ1) is 17.7. The number of nitrogens with two attached hydrogens (primary N) is 5. The fraction of sp³-hybridized carbons (Fsp3) is 0.952. The van der Waals surface area contributed by atoms with E-state index in [2.05, 4.69) is 0 Å². The van der Waals surface area contributed by atoms with Gasteiger partial charge in [-0.1, -0.05) is 0 Å². The van der Waals surface area contributed by atoms with E-state index in [4.69, 9.17) is 57.8 Å². The van der Waals surface area contributed by atoms with Crippen LogP contribution in [0.2, 0.25) is 0 Å². The quantitative estimate of drug-likeness (QED) is 0.138. The average Bonchev–Trinajstić information content (AvgIpc) is 2.85. The molecule has 1 saturated carbocycles. The van der Waals surface area contributed by atoms with E-state index in [-0.39, 0.29) is 19.4 Å². The second kappa shape index (κ2) is 14.5. The summed E-state index contributed by atoms with van der Waals surface area (Å²) < 4.78 is 22.7. The van der Waals surface area contributed by atoms with Gasteiger partial charge >= 0.3 is 5.97 Å². The highest BCUT2D eigenvalue weighted by molar-refractivity contribution is 5.71. The maximum Gasteiger partial charge on any atom is 0.332 e. The first-order valence-corrected chi connectivity index (χ1v) is 12.3. The fourth-order valence-electron chi connectivity index (χ4n) is 4.43. The Kier molecular flexibility index (Phi) is 12.6. The van der Waals surface area contributed by atoms with E-state index in [1.54, 1.807) is 0 Å². The minimum absolute atomic E-state index is 0.0542. The fourth-order valence-corrected chi connectivity index (χ4v) is 4.43. The zero-order chi connectivity index (χ0) is 28.9. The number of ether oxygens (including phenoxy) is 4.